The lowest BCUT2D eigenvalue weighted by atomic mass is 9.95. The van der Waals surface area contributed by atoms with Crippen LogP contribution in [0.25, 0.3) is 0 Å². The fourth-order valence-corrected chi connectivity index (χ4v) is 1.35. The van der Waals surface area contributed by atoms with Gasteiger partial charge in [0.2, 0.25) is 0 Å². The average Bonchev–Trinajstić information content (AvgIpc) is 2.11. The number of rotatable bonds is 0. The number of hydrogen-bond donors (Lipinski definition) is 0. The molecular formula is C8H12S. The Hall–Kier alpha value is -0.300. The van der Waals surface area contributed by atoms with E-state index in [0.29, 0.717) is 5.36 Å². The molecule has 0 nitrogen and oxygen atoms in total. The molecule has 0 saturated heterocycles. The van der Waals surface area contributed by atoms with E-state index in [-0.39, 0.29) is 5.41 Å². The first-order chi connectivity index (χ1) is 4.50. The van der Waals surface area contributed by atoms with Gasteiger partial charge in [-0.3, -0.25) is 0 Å². The normalized spacial score (nSPS) is 13.4. The zero-order valence-corrected chi connectivity index (χ0v) is 6.88. The van der Waals surface area contributed by atoms with E-state index in [2.05, 4.69) is 20.8 Å². The van der Waals surface area contributed by atoms with Crippen molar-refractivity contribution >= 4 is 11.3 Å². The summed E-state index contributed by atoms with van der Waals surface area (Å²) in [6.07, 6.45) is 0. The van der Waals surface area contributed by atoms with Crippen molar-refractivity contribution in [1.82, 2.24) is 0 Å². The van der Waals surface area contributed by atoms with Crippen LogP contribution in [0.2, 0.25) is 0 Å². The molecule has 0 radical (unpaired) electrons. The van der Waals surface area contributed by atoms with Crippen molar-refractivity contribution in [3.8, 4) is 0 Å². The molecule has 9 heavy (non-hydrogen) atoms. The van der Waals surface area contributed by atoms with Crippen LogP contribution in [-0.2, 0) is 5.41 Å². The van der Waals surface area contributed by atoms with Crippen LogP contribution in [0.1, 0.15) is 27.0 Å². The molecule has 0 bridgehead atoms. The van der Waals surface area contributed by atoms with Gasteiger partial charge in [0.15, 0.2) is 0 Å². The van der Waals surface area contributed by atoms with Crippen molar-refractivity contribution in [1.29, 1.82) is 0 Å². The third kappa shape index (κ3) is 1.55. The summed E-state index contributed by atoms with van der Waals surface area (Å²) in [5.74, 6) is 0. The van der Waals surface area contributed by atoms with Gasteiger partial charge in [-0.25, -0.2) is 0 Å². The highest BCUT2D eigenvalue weighted by Gasteiger charge is 2.13. The fourth-order valence-electron chi connectivity index (χ4n) is 0.644. The molecule has 0 aliphatic rings. The highest BCUT2D eigenvalue weighted by molar-refractivity contribution is 7.10. The van der Waals surface area contributed by atoms with Gasteiger partial charge >= 0.3 is 0 Å². The lowest BCUT2D eigenvalue weighted by Gasteiger charge is -2.14. The summed E-state index contributed by atoms with van der Waals surface area (Å²) in [6.45, 7) is 6.49. The minimum absolute atomic E-state index is 0.212. The minimum atomic E-state index is 0.212. The standard InChI is InChI=1S/C8H12S/c1-8(2,3)7-5-4-6-9-7/h4-6H,1-3H3/i6T. The minimum Gasteiger partial charge on any atom is -0.148 e. The smallest absolute Gasteiger partial charge is 0.0740 e. The Labute approximate surface area is 61.9 Å². The first-order valence-electron chi connectivity index (χ1n) is 3.57. The fraction of sp³-hybridized carbons (Fsp3) is 0.500. The van der Waals surface area contributed by atoms with E-state index in [1.165, 1.54) is 4.88 Å². The van der Waals surface area contributed by atoms with E-state index >= 15 is 0 Å². The second-order valence-electron chi connectivity index (χ2n) is 3.17. The molecule has 0 saturated carbocycles. The van der Waals surface area contributed by atoms with Gasteiger partial charge in [-0.15, -0.1) is 11.3 Å². The molecule has 0 aliphatic carbocycles. The molecule has 1 heterocycles. The zero-order valence-electron chi connectivity index (χ0n) is 7.06. The van der Waals surface area contributed by atoms with Crippen LogP contribution in [0.3, 0.4) is 0 Å². The summed E-state index contributed by atoms with van der Waals surface area (Å²) < 4.78 is 7.31. The van der Waals surface area contributed by atoms with Crippen LogP contribution in [0, 0.1) is 0 Å². The summed E-state index contributed by atoms with van der Waals surface area (Å²) in [4.78, 5) is 1.29. The van der Waals surface area contributed by atoms with Gasteiger partial charge in [0.25, 0.3) is 0 Å². The largest absolute Gasteiger partial charge is 0.148 e. The van der Waals surface area contributed by atoms with E-state index in [4.69, 9.17) is 1.37 Å². The Bertz CT molecular complexity index is 219. The van der Waals surface area contributed by atoms with Crippen LogP contribution in [-0.4, -0.2) is 0 Å². The van der Waals surface area contributed by atoms with Crippen molar-refractivity contribution < 1.29 is 1.37 Å². The molecule has 0 aromatic carbocycles. The Balaban J connectivity index is 2.96. The molecule has 1 heteroatoms. The summed E-state index contributed by atoms with van der Waals surface area (Å²) in [5, 5.41) is 0.657. The molecule has 1 aromatic heterocycles. The average molecular weight is 142 g/mol. The van der Waals surface area contributed by atoms with Crippen molar-refractivity contribution in [2.75, 3.05) is 0 Å². The Morgan fingerprint density at radius 1 is 1.56 bits per heavy atom. The van der Waals surface area contributed by atoms with E-state index in [0.717, 1.165) is 0 Å². The summed E-state index contributed by atoms with van der Waals surface area (Å²) in [6, 6.07) is 3.89. The van der Waals surface area contributed by atoms with Crippen LogP contribution in [0.4, 0.5) is 0 Å². The SMILES string of the molecule is [3H]c1ccc(C(C)(C)C)s1. The van der Waals surface area contributed by atoms with E-state index < -0.39 is 0 Å². The van der Waals surface area contributed by atoms with Crippen LogP contribution >= 0.6 is 11.3 Å². The summed E-state index contributed by atoms with van der Waals surface area (Å²) >= 11 is 1.56. The number of hydrogen-bond acceptors (Lipinski definition) is 1. The van der Waals surface area contributed by atoms with Gasteiger partial charge < -0.3 is 0 Å². The highest BCUT2D eigenvalue weighted by atomic mass is 32.1. The Morgan fingerprint density at radius 2 is 2.22 bits per heavy atom. The first-order valence-corrected chi connectivity index (χ1v) is 3.89. The second-order valence-corrected chi connectivity index (χ2v) is 4.05. The number of thiophene rings is 1. The molecule has 0 amide bonds. The van der Waals surface area contributed by atoms with Crippen LogP contribution in [0.5, 0.6) is 0 Å². The van der Waals surface area contributed by atoms with Crippen molar-refractivity contribution in [2.24, 2.45) is 0 Å². The monoisotopic (exact) mass is 142 g/mol. The van der Waals surface area contributed by atoms with E-state index in [9.17, 15) is 0 Å². The van der Waals surface area contributed by atoms with E-state index in [1.54, 1.807) is 11.3 Å². The van der Waals surface area contributed by atoms with Crippen molar-refractivity contribution in [2.45, 2.75) is 26.2 Å². The van der Waals surface area contributed by atoms with Gasteiger partial charge in [0.1, 0.15) is 0 Å². The van der Waals surface area contributed by atoms with Gasteiger partial charge in [-0.2, -0.15) is 0 Å². The summed E-state index contributed by atoms with van der Waals surface area (Å²) in [7, 11) is 0. The molecule has 1 aromatic rings. The van der Waals surface area contributed by atoms with Crippen molar-refractivity contribution in [3.63, 3.8) is 0 Å². The van der Waals surface area contributed by atoms with Crippen molar-refractivity contribution in [3.05, 3.63) is 22.4 Å². The molecule has 0 unspecified atom stereocenters. The molecule has 0 N–H and O–H groups in total. The maximum Gasteiger partial charge on any atom is 0.0740 e. The third-order valence-electron chi connectivity index (χ3n) is 1.21. The molecule has 0 aliphatic heterocycles. The van der Waals surface area contributed by atoms with E-state index in [1.807, 2.05) is 12.1 Å². The van der Waals surface area contributed by atoms with Gasteiger partial charge in [-0.1, -0.05) is 26.8 Å². The van der Waals surface area contributed by atoms with Gasteiger partial charge in [0.05, 0.1) is 1.37 Å². The van der Waals surface area contributed by atoms with Gasteiger partial charge in [0, 0.05) is 4.88 Å². The first kappa shape index (κ1) is 5.48. The molecular weight excluding hydrogens is 128 g/mol. The second kappa shape index (κ2) is 2.14. The quantitative estimate of drug-likeness (QED) is 0.522. The molecule has 0 fully saturated rings. The molecule has 50 valence electrons. The van der Waals surface area contributed by atoms with Gasteiger partial charge in [-0.05, 0) is 16.8 Å². The molecule has 0 atom stereocenters. The lowest BCUT2D eigenvalue weighted by molar-refractivity contribution is 0.604. The predicted octanol–water partition coefficient (Wildman–Crippen LogP) is 3.05. The Morgan fingerprint density at radius 3 is 2.44 bits per heavy atom. The third-order valence-corrected chi connectivity index (χ3v) is 2.43. The maximum atomic E-state index is 7.31. The molecule has 0 spiro atoms. The van der Waals surface area contributed by atoms with Crippen LogP contribution in [0.15, 0.2) is 17.5 Å². The van der Waals surface area contributed by atoms with Crippen LogP contribution < -0.4 is 0 Å². The summed E-state index contributed by atoms with van der Waals surface area (Å²) in [5.41, 5.74) is 0.212. The zero-order chi connectivity index (χ0) is 7.78. The lowest BCUT2D eigenvalue weighted by Crippen LogP contribution is -2.07. The molecule has 1 rings (SSSR count). The maximum absolute atomic E-state index is 7.31. The highest BCUT2D eigenvalue weighted by Crippen LogP contribution is 2.25. The topological polar surface area (TPSA) is 0 Å². The Kier molecular flexibility index (Phi) is 1.31. The predicted molar refractivity (Wildman–Crippen MR) is 43.0 cm³/mol.